The molecule has 0 aromatic heterocycles. The van der Waals surface area contributed by atoms with Crippen LogP contribution in [0, 0.1) is 0 Å². The fourth-order valence-electron chi connectivity index (χ4n) is 2.16. The van der Waals surface area contributed by atoms with Crippen molar-refractivity contribution in [3.8, 4) is 11.5 Å². The van der Waals surface area contributed by atoms with Gasteiger partial charge in [0.1, 0.15) is 0 Å². The molecule has 2 heteroatoms. The second-order valence-corrected chi connectivity index (χ2v) is 4.48. The van der Waals surface area contributed by atoms with Crippen molar-refractivity contribution < 1.29 is 9.47 Å². The van der Waals surface area contributed by atoms with Crippen molar-refractivity contribution in [1.82, 2.24) is 0 Å². The molecule has 0 N–H and O–H groups in total. The van der Waals surface area contributed by atoms with Crippen molar-refractivity contribution in [1.29, 1.82) is 0 Å². The van der Waals surface area contributed by atoms with Crippen LogP contribution < -0.4 is 9.47 Å². The van der Waals surface area contributed by atoms with Gasteiger partial charge in [0.15, 0.2) is 11.5 Å². The standard InChI is InChI=1S/C17H26O2/c1-5-9-10-14(6-2)15-11-12-16(18-7-3)17(13-15)19-8-4/h5,9,11-14H,6-8,10H2,1-4H3/b9-5-. The summed E-state index contributed by atoms with van der Waals surface area (Å²) in [6.45, 7) is 9.61. The molecule has 106 valence electrons. The zero-order valence-corrected chi connectivity index (χ0v) is 12.6. The van der Waals surface area contributed by atoms with Crippen molar-refractivity contribution in [2.24, 2.45) is 0 Å². The van der Waals surface area contributed by atoms with Crippen molar-refractivity contribution in [2.75, 3.05) is 13.2 Å². The number of hydrogen-bond donors (Lipinski definition) is 0. The number of rotatable bonds is 8. The van der Waals surface area contributed by atoms with Gasteiger partial charge in [-0.3, -0.25) is 0 Å². The zero-order chi connectivity index (χ0) is 14.1. The number of benzene rings is 1. The molecule has 0 radical (unpaired) electrons. The van der Waals surface area contributed by atoms with Gasteiger partial charge in [-0.15, -0.1) is 0 Å². The van der Waals surface area contributed by atoms with Crippen molar-refractivity contribution in [2.45, 2.75) is 46.5 Å². The first-order valence-electron chi connectivity index (χ1n) is 7.27. The number of hydrogen-bond acceptors (Lipinski definition) is 2. The summed E-state index contributed by atoms with van der Waals surface area (Å²) in [7, 11) is 0. The topological polar surface area (TPSA) is 18.5 Å². The highest BCUT2D eigenvalue weighted by Gasteiger charge is 2.12. The lowest BCUT2D eigenvalue weighted by Crippen LogP contribution is -2.01. The molecule has 19 heavy (non-hydrogen) atoms. The minimum atomic E-state index is 0.547. The summed E-state index contributed by atoms with van der Waals surface area (Å²) in [5.74, 6) is 2.25. The average molecular weight is 262 g/mol. The quantitative estimate of drug-likeness (QED) is 0.617. The average Bonchev–Trinajstić information content (AvgIpc) is 2.43. The van der Waals surface area contributed by atoms with Crippen LogP contribution in [-0.4, -0.2) is 13.2 Å². The van der Waals surface area contributed by atoms with Crippen LogP contribution in [0.1, 0.15) is 52.0 Å². The van der Waals surface area contributed by atoms with Crippen LogP contribution in [0.5, 0.6) is 11.5 Å². The molecule has 0 bridgehead atoms. The Balaban J connectivity index is 2.97. The highest BCUT2D eigenvalue weighted by molar-refractivity contribution is 5.44. The van der Waals surface area contributed by atoms with Crippen LogP contribution in [0.25, 0.3) is 0 Å². The minimum absolute atomic E-state index is 0.547. The molecule has 0 saturated heterocycles. The van der Waals surface area contributed by atoms with E-state index < -0.39 is 0 Å². The molecule has 0 heterocycles. The molecule has 1 unspecified atom stereocenters. The van der Waals surface area contributed by atoms with E-state index in [4.69, 9.17) is 9.47 Å². The van der Waals surface area contributed by atoms with Crippen LogP contribution >= 0.6 is 0 Å². The smallest absolute Gasteiger partial charge is 0.161 e. The van der Waals surface area contributed by atoms with Gasteiger partial charge >= 0.3 is 0 Å². The maximum absolute atomic E-state index is 5.69. The summed E-state index contributed by atoms with van der Waals surface area (Å²) in [6, 6.07) is 6.32. The Labute approximate surface area is 117 Å². The van der Waals surface area contributed by atoms with Gasteiger partial charge in [0.05, 0.1) is 13.2 Å². The van der Waals surface area contributed by atoms with Gasteiger partial charge in [-0.25, -0.2) is 0 Å². The summed E-state index contributed by atoms with van der Waals surface area (Å²) >= 11 is 0. The lowest BCUT2D eigenvalue weighted by Gasteiger charge is -2.17. The third-order valence-corrected chi connectivity index (χ3v) is 3.19. The van der Waals surface area contributed by atoms with Crippen molar-refractivity contribution >= 4 is 0 Å². The van der Waals surface area contributed by atoms with Crippen LogP contribution in [0.4, 0.5) is 0 Å². The SMILES string of the molecule is C/C=C\CC(CC)c1ccc(OCC)c(OCC)c1. The Hall–Kier alpha value is -1.44. The predicted molar refractivity (Wildman–Crippen MR) is 81.2 cm³/mol. The molecule has 1 rings (SSSR count). The Morgan fingerprint density at radius 1 is 1.05 bits per heavy atom. The summed E-state index contributed by atoms with van der Waals surface area (Å²) in [6.07, 6.45) is 6.54. The first-order chi connectivity index (χ1) is 9.26. The van der Waals surface area contributed by atoms with Crippen LogP contribution in [0.3, 0.4) is 0 Å². The highest BCUT2D eigenvalue weighted by atomic mass is 16.5. The summed E-state index contributed by atoms with van der Waals surface area (Å²) in [5.41, 5.74) is 1.33. The van der Waals surface area contributed by atoms with Gasteiger partial charge < -0.3 is 9.47 Å². The van der Waals surface area contributed by atoms with E-state index in [-0.39, 0.29) is 0 Å². The fraction of sp³-hybridized carbons (Fsp3) is 0.529. The van der Waals surface area contributed by atoms with Crippen LogP contribution in [0.15, 0.2) is 30.4 Å². The predicted octanol–water partition coefficient (Wildman–Crippen LogP) is 4.94. The molecule has 0 aliphatic carbocycles. The summed E-state index contributed by atoms with van der Waals surface area (Å²) in [5, 5.41) is 0. The highest BCUT2D eigenvalue weighted by Crippen LogP contribution is 2.33. The Morgan fingerprint density at radius 3 is 2.32 bits per heavy atom. The molecule has 0 aliphatic heterocycles. The lowest BCUT2D eigenvalue weighted by molar-refractivity contribution is 0.287. The Bertz CT molecular complexity index is 396. The van der Waals surface area contributed by atoms with Gasteiger partial charge in [0.2, 0.25) is 0 Å². The Kier molecular flexibility index (Phi) is 7.09. The van der Waals surface area contributed by atoms with Crippen molar-refractivity contribution in [3.63, 3.8) is 0 Å². The molecular formula is C17H26O2. The number of ether oxygens (including phenoxy) is 2. The molecular weight excluding hydrogens is 236 g/mol. The lowest BCUT2D eigenvalue weighted by atomic mass is 9.93. The maximum atomic E-state index is 5.69. The van der Waals surface area contributed by atoms with Gasteiger partial charge in [-0.2, -0.15) is 0 Å². The largest absolute Gasteiger partial charge is 0.490 e. The molecule has 0 saturated carbocycles. The molecule has 0 amide bonds. The van der Waals surface area contributed by atoms with Crippen LogP contribution in [0.2, 0.25) is 0 Å². The monoisotopic (exact) mass is 262 g/mol. The third kappa shape index (κ3) is 4.62. The molecule has 0 spiro atoms. The van der Waals surface area contributed by atoms with E-state index in [9.17, 15) is 0 Å². The maximum Gasteiger partial charge on any atom is 0.161 e. The van der Waals surface area contributed by atoms with E-state index in [1.165, 1.54) is 5.56 Å². The van der Waals surface area contributed by atoms with Gasteiger partial charge in [-0.1, -0.05) is 25.1 Å². The zero-order valence-electron chi connectivity index (χ0n) is 12.6. The molecule has 0 fully saturated rings. The van der Waals surface area contributed by atoms with E-state index >= 15 is 0 Å². The van der Waals surface area contributed by atoms with Crippen LogP contribution in [-0.2, 0) is 0 Å². The molecule has 1 atom stereocenters. The van der Waals surface area contributed by atoms with E-state index in [1.54, 1.807) is 0 Å². The molecule has 2 nitrogen and oxygen atoms in total. The molecule has 0 aliphatic rings. The third-order valence-electron chi connectivity index (χ3n) is 3.19. The second kappa shape index (κ2) is 8.63. The van der Waals surface area contributed by atoms with E-state index in [1.807, 2.05) is 19.9 Å². The van der Waals surface area contributed by atoms with Gasteiger partial charge in [0.25, 0.3) is 0 Å². The van der Waals surface area contributed by atoms with Crippen molar-refractivity contribution in [3.05, 3.63) is 35.9 Å². The fourth-order valence-corrected chi connectivity index (χ4v) is 2.16. The second-order valence-electron chi connectivity index (χ2n) is 4.48. The Morgan fingerprint density at radius 2 is 1.74 bits per heavy atom. The first-order valence-corrected chi connectivity index (χ1v) is 7.27. The molecule has 1 aromatic rings. The van der Waals surface area contributed by atoms with E-state index in [0.717, 1.165) is 24.3 Å². The summed E-state index contributed by atoms with van der Waals surface area (Å²) < 4.78 is 11.3. The van der Waals surface area contributed by atoms with E-state index in [2.05, 4.69) is 38.1 Å². The van der Waals surface area contributed by atoms with Gasteiger partial charge in [0, 0.05) is 0 Å². The van der Waals surface area contributed by atoms with Gasteiger partial charge in [-0.05, 0) is 57.2 Å². The first kappa shape index (κ1) is 15.6. The van der Waals surface area contributed by atoms with E-state index in [0.29, 0.717) is 19.1 Å². The number of allylic oxidation sites excluding steroid dienone is 2. The summed E-state index contributed by atoms with van der Waals surface area (Å²) in [4.78, 5) is 0. The molecule has 1 aromatic carbocycles. The normalized spacial score (nSPS) is 12.6. The minimum Gasteiger partial charge on any atom is -0.490 e.